The molecule has 4 heteroatoms. The molecule has 0 aromatic carbocycles. The minimum Gasteiger partial charge on any atom is -0.351 e. The van der Waals surface area contributed by atoms with Gasteiger partial charge in [-0.1, -0.05) is 0 Å². The summed E-state index contributed by atoms with van der Waals surface area (Å²) < 4.78 is 10.8. The molecular formula is C9H20N2O2. The fourth-order valence-electron chi connectivity index (χ4n) is 1.30. The fourth-order valence-corrected chi connectivity index (χ4v) is 1.30. The van der Waals surface area contributed by atoms with Crippen molar-refractivity contribution in [2.24, 2.45) is 5.73 Å². The first-order valence-corrected chi connectivity index (χ1v) is 4.99. The van der Waals surface area contributed by atoms with Crippen molar-refractivity contribution < 1.29 is 9.47 Å². The number of nitrogens with two attached hydrogens (primary N) is 1. The van der Waals surface area contributed by atoms with Crippen molar-refractivity contribution in [1.29, 1.82) is 0 Å². The van der Waals surface area contributed by atoms with Crippen LogP contribution in [0.25, 0.3) is 0 Å². The van der Waals surface area contributed by atoms with Gasteiger partial charge in [0.05, 0.1) is 13.2 Å². The molecule has 0 aromatic heterocycles. The standard InChI is InChI=1S/C9H20N2O2/c1-8(3-4-10)11-7-9-12-5-2-6-13-9/h8-9,11H,2-7,10H2,1H3. The highest BCUT2D eigenvalue weighted by atomic mass is 16.7. The van der Waals surface area contributed by atoms with Crippen molar-refractivity contribution in [2.75, 3.05) is 26.3 Å². The first-order chi connectivity index (χ1) is 6.33. The molecule has 1 aliphatic rings. The molecule has 4 nitrogen and oxygen atoms in total. The summed E-state index contributed by atoms with van der Waals surface area (Å²) in [5.41, 5.74) is 5.44. The van der Waals surface area contributed by atoms with Crippen LogP contribution >= 0.6 is 0 Å². The van der Waals surface area contributed by atoms with Gasteiger partial charge >= 0.3 is 0 Å². The molecule has 3 N–H and O–H groups in total. The molecule has 1 rings (SSSR count). The minimum atomic E-state index is -0.0611. The Hall–Kier alpha value is -0.160. The number of ether oxygens (including phenoxy) is 2. The lowest BCUT2D eigenvalue weighted by atomic mass is 10.2. The molecule has 0 bridgehead atoms. The van der Waals surface area contributed by atoms with E-state index >= 15 is 0 Å². The van der Waals surface area contributed by atoms with Gasteiger partial charge in [0.15, 0.2) is 6.29 Å². The van der Waals surface area contributed by atoms with E-state index in [1.54, 1.807) is 0 Å². The SMILES string of the molecule is CC(CCN)NCC1OCCCO1. The van der Waals surface area contributed by atoms with Crippen LogP contribution in [0.15, 0.2) is 0 Å². The number of rotatable bonds is 5. The zero-order valence-corrected chi connectivity index (χ0v) is 8.29. The molecule has 0 aliphatic carbocycles. The molecule has 78 valence electrons. The summed E-state index contributed by atoms with van der Waals surface area (Å²) in [6.45, 7) is 5.24. The van der Waals surface area contributed by atoms with Crippen LogP contribution in [0.3, 0.4) is 0 Å². The van der Waals surface area contributed by atoms with Crippen LogP contribution in [-0.4, -0.2) is 38.6 Å². The zero-order valence-electron chi connectivity index (χ0n) is 8.29. The van der Waals surface area contributed by atoms with Crippen molar-refractivity contribution in [3.63, 3.8) is 0 Å². The average molecular weight is 188 g/mol. The van der Waals surface area contributed by atoms with Crippen molar-refractivity contribution in [3.05, 3.63) is 0 Å². The Labute approximate surface area is 79.8 Å². The molecule has 1 aliphatic heterocycles. The lowest BCUT2D eigenvalue weighted by molar-refractivity contribution is -0.175. The van der Waals surface area contributed by atoms with Gasteiger partial charge in [0.1, 0.15) is 0 Å². The smallest absolute Gasteiger partial charge is 0.169 e. The number of nitrogens with one attached hydrogen (secondary N) is 1. The summed E-state index contributed by atoms with van der Waals surface area (Å²) in [6.07, 6.45) is 1.94. The Bertz CT molecular complexity index is 127. The summed E-state index contributed by atoms with van der Waals surface area (Å²) in [6, 6.07) is 0.444. The van der Waals surface area contributed by atoms with Crippen molar-refractivity contribution in [2.45, 2.75) is 32.1 Å². The molecule has 0 aromatic rings. The molecule has 0 radical (unpaired) electrons. The second kappa shape index (κ2) is 6.32. The predicted molar refractivity (Wildman–Crippen MR) is 51.4 cm³/mol. The lowest BCUT2D eigenvalue weighted by Crippen LogP contribution is -2.39. The third-order valence-corrected chi connectivity index (χ3v) is 2.13. The monoisotopic (exact) mass is 188 g/mol. The number of hydrogen-bond acceptors (Lipinski definition) is 4. The van der Waals surface area contributed by atoms with Gasteiger partial charge in [-0.15, -0.1) is 0 Å². The molecule has 1 fully saturated rings. The maximum atomic E-state index is 5.44. The molecular weight excluding hydrogens is 168 g/mol. The molecule has 0 saturated carbocycles. The van der Waals surface area contributed by atoms with E-state index < -0.39 is 0 Å². The van der Waals surface area contributed by atoms with Crippen LogP contribution in [0.4, 0.5) is 0 Å². The normalized spacial score (nSPS) is 21.7. The van der Waals surface area contributed by atoms with Gasteiger partial charge in [0.25, 0.3) is 0 Å². The summed E-state index contributed by atoms with van der Waals surface area (Å²) >= 11 is 0. The van der Waals surface area contributed by atoms with Gasteiger partial charge in [0, 0.05) is 12.6 Å². The largest absolute Gasteiger partial charge is 0.351 e. The maximum absolute atomic E-state index is 5.44. The van der Waals surface area contributed by atoms with E-state index in [4.69, 9.17) is 15.2 Å². The molecule has 1 atom stereocenters. The molecule has 1 heterocycles. The second-order valence-electron chi connectivity index (χ2n) is 3.41. The van der Waals surface area contributed by atoms with Crippen LogP contribution < -0.4 is 11.1 Å². The fraction of sp³-hybridized carbons (Fsp3) is 1.00. The van der Waals surface area contributed by atoms with Crippen LogP contribution in [0.2, 0.25) is 0 Å². The van der Waals surface area contributed by atoms with Crippen LogP contribution in [0, 0.1) is 0 Å². The third kappa shape index (κ3) is 4.57. The highest BCUT2D eigenvalue weighted by Crippen LogP contribution is 2.03. The molecule has 1 saturated heterocycles. The van der Waals surface area contributed by atoms with Gasteiger partial charge < -0.3 is 20.5 Å². The molecule has 0 spiro atoms. The van der Waals surface area contributed by atoms with E-state index in [-0.39, 0.29) is 6.29 Å². The summed E-state index contributed by atoms with van der Waals surface area (Å²) in [5, 5.41) is 3.32. The van der Waals surface area contributed by atoms with E-state index in [0.29, 0.717) is 6.04 Å². The van der Waals surface area contributed by atoms with Gasteiger partial charge in [-0.3, -0.25) is 0 Å². The van der Waals surface area contributed by atoms with Gasteiger partial charge in [-0.25, -0.2) is 0 Å². The van der Waals surface area contributed by atoms with E-state index in [9.17, 15) is 0 Å². The highest BCUT2D eigenvalue weighted by molar-refractivity contribution is 4.63. The summed E-state index contributed by atoms with van der Waals surface area (Å²) in [7, 11) is 0. The summed E-state index contributed by atoms with van der Waals surface area (Å²) in [4.78, 5) is 0. The van der Waals surface area contributed by atoms with Crippen LogP contribution in [0.5, 0.6) is 0 Å². The number of hydrogen-bond donors (Lipinski definition) is 2. The average Bonchev–Trinajstić information content (AvgIpc) is 2.17. The maximum Gasteiger partial charge on any atom is 0.169 e. The van der Waals surface area contributed by atoms with E-state index in [1.165, 1.54) is 0 Å². The third-order valence-electron chi connectivity index (χ3n) is 2.13. The quantitative estimate of drug-likeness (QED) is 0.641. The predicted octanol–water partition coefficient (Wildman–Crippen LogP) is 0.0763. The van der Waals surface area contributed by atoms with Gasteiger partial charge in [0.2, 0.25) is 0 Å². The Morgan fingerprint density at radius 2 is 2.15 bits per heavy atom. The molecule has 0 amide bonds. The van der Waals surface area contributed by atoms with Crippen LogP contribution in [0.1, 0.15) is 19.8 Å². The highest BCUT2D eigenvalue weighted by Gasteiger charge is 2.14. The molecule has 13 heavy (non-hydrogen) atoms. The topological polar surface area (TPSA) is 56.5 Å². The first kappa shape index (κ1) is 10.9. The van der Waals surface area contributed by atoms with Crippen LogP contribution in [-0.2, 0) is 9.47 Å². The zero-order chi connectivity index (χ0) is 9.52. The lowest BCUT2D eigenvalue weighted by Gasteiger charge is -2.24. The Morgan fingerprint density at radius 1 is 1.46 bits per heavy atom. The van der Waals surface area contributed by atoms with E-state index in [0.717, 1.165) is 39.1 Å². The Kier molecular flexibility index (Phi) is 5.31. The molecule has 1 unspecified atom stereocenters. The van der Waals surface area contributed by atoms with Gasteiger partial charge in [-0.05, 0) is 26.3 Å². The van der Waals surface area contributed by atoms with E-state index in [2.05, 4.69) is 12.2 Å². The Balaban J connectivity index is 2.03. The minimum absolute atomic E-state index is 0.0611. The second-order valence-corrected chi connectivity index (χ2v) is 3.41. The van der Waals surface area contributed by atoms with Gasteiger partial charge in [-0.2, -0.15) is 0 Å². The van der Waals surface area contributed by atoms with Crippen molar-refractivity contribution in [1.82, 2.24) is 5.32 Å². The first-order valence-electron chi connectivity index (χ1n) is 4.99. The summed E-state index contributed by atoms with van der Waals surface area (Å²) in [5.74, 6) is 0. The van der Waals surface area contributed by atoms with Crippen molar-refractivity contribution in [3.8, 4) is 0 Å². The van der Waals surface area contributed by atoms with Crippen molar-refractivity contribution >= 4 is 0 Å². The van der Waals surface area contributed by atoms with E-state index in [1.807, 2.05) is 0 Å². The Morgan fingerprint density at radius 3 is 2.77 bits per heavy atom.